The second-order valence-corrected chi connectivity index (χ2v) is 6.36. The fourth-order valence-corrected chi connectivity index (χ4v) is 3.49. The average molecular weight is 310 g/mol. The van der Waals surface area contributed by atoms with Crippen molar-refractivity contribution in [2.75, 3.05) is 19.6 Å². The third-order valence-electron chi connectivity index (χ3n) is 4.71. The molecule has 0 saturated carbocycles. The van der Waals surface area contributed by atoms with Crippen LogP contribution in [-0.4, -0.2) is 58.4 Å². The monoisotopic (exact) mass is 310 g/mol. The van der Waals surface area contributed by atoms with Gasteiger partial charge in [-0.25, -0.2) is 0 Å². The fraction of sp³-hybridized carbons (Fsp3) is 0.812. The van der Waals surface area contributed by atoms with Gasteiger partial charge in [0.15, 0.2) is 0 Å². The normalized spacial score (nSPS) is 22.9. The molecular weight excluding hydrogens is 284 g/mol. The van der Waals surface area contributed by atoms with Crippen molar-refractivity contribution in [3.63, 3.8) is 0 Å². The second kappa shape index (κ2) is 7.61. The maximum atomic E-state index is 12.7. The number of piperidine rings is 1. The summed E-state index contributed by atoms with van der Waals surface area (Å²) < 4.78 is 0. The molecule has 0 aromatic carbocycles. The van der Waals surface area contributed by atoms with Crippen LogP contribution >= 0.6 is 0 Å². The maximum absolute atomic E-state index is 12.7. The van der Waals surface area contributed by atoms with Crippen molar-refractivity contribution in [1.29, 1.82) is 0 Å². The van der Waals surface area contributed by atoms with Crippen molar-refractivity contribution in [3.05, 3.63) is 0 Å². The van der Waals surface area contributed by atoms with Crippen molar-refractivity contribution in [2.24, 2.45) is 5.92 Å². The highest BCUT2D eigenvalue weighted by atomic mass is 16.4. The van der Waals surface area contributed by atoms with Crippen LogP contribution in [0.2, 0.25) is 0 Å². The van der Waals surface area contributed by atoms with Gasteiger partial charge < -0.3 is 14.9 Å². The van der Waals surface area contributed by atoms with E-state index in [0.717, 1.165) is 32.1 Å². The highest BCUT2D eigenvalue weighted by Gasteiger charge is 2.37. The van der Waals surface area contributed by atoms with Gasteiger partial charge in [-0.1, -0.05) is 6.92 Å². The number of hydrogen-bond acceptors (Lipinski definition) is 3. The van der Waals surface area contributed by atoms with Crippen molar-refractivity contribution in [1.82, 2.24) is 9.80 Å². The number of hydrogen-bond donors (Lipinski definition) is 1. The Kier molecular flexibility index (Phi) is 5.80. The van der Waals surface area contributed by atoms with E-state index in [1.54, 1.807) is 4.90 Å². The maximum Gasteiger partial charge on any atom is 0.303 e. The Bertz CT molecular complexity index is 430. The van der Waals surface area contributed by atoms with Gasteiger partial charge in [0.1, 0.15) is 6.04 Å². The van der Waals surface area contributed by atoms with Crippen LogP contribution < -0.4 is 0 Å². The summed E-state index contributed by atoms with van der Waals surface area (Å²) in [5.41, 5.74) is 0. The number of nitrogens with zero attached hydrogens (tertiary/aromatic N) is 2. The van der Waals surface area contributed by atoms with E-state index in [4.69, 9.17) is 5.11 Å². The average Bonchev–Trinajstić information content (AvgIpc) is 2.96. The largest absolute Gasteiger partial charge is 0.481 e. The highest BCUT2D eigenvalue weighted by Crippen LogP contribution is 2.25. The molecule has 6 heteroatoms. The summed E-state index contributed by atoms with van der Waals surface area (Å²) in [6.07, 6.45) is 4.62. The number of amides is 2. The second-order valence-electron chi connectivity index (χ2n) is 6.36. The van der Waals surface area contributed by atoms with E-state index in [1.165, 1.54) is 0 Å². The summed E-state index contributed by atoms with van der Waals surface area (Å²) in [7, 11) is 0. The Hall–Kier alpha value is -1.59. The summed E-state index contributed by atoms with van der Waals surface area (Å²) in [5, 5.41) is 8.84. The molecule has 0 bridgehead atoms. The molecule has 2 saturated heterocycles. The smallest absolute Gasteiger partial charge is 0.303 e. The van der Waals surface area contributed by atoms with Gasteiger partial charge in [0.05, 0.1) is 0 Å². The van der Waals surface area contributed by atoms with Crippen LogP contribution in [0.4, 0.5) is 0 Å². The number of rotatable bonds is 5. The summed E-state index contributed by atoms with van der Waals surface area (Å²) >= 11 is 0. The fourth-order valence-electron chi connectivity index (χ4n) is 3.49. The van der Waals surface area contributed by atoms with Gasteiger partial charge in [-0.3, -0.25) is 14.4 Å². The van der Waals surface area contributed by atoms with Crippen LogP contribution in [0, 0.1) is 5.92 Å². The highest BCUT2D eigenvalue weighted by molar-refractivity contribution is 5.88. The van der Waals surface area contributed by atoms with Gasteiger partial charge in [-0.2, -0.15) is 0 Å². The quantitative estimate of drug-likeness (QED) is 0.834. The standard InChI is InChI=1S/C16H26N2O4/c1-2-4-14(19)18-8-3-5-13(18)16(22)17-9-6-12(7-10-17)11-15(20)21/h12-13H,2-11H2,1H3,(H,20,21). The first kappa shape index (κ1) is 16.8. The van der Waals surface area contributed by atoms with E-state index in [9.17, 15) is 14.4 Å². The van der Waals surface area contributed by atoms with Gasteiger partial charge in [0, 0.05) is 32.5 Å². The van der Waals surface area contributed by atoms with Crippen molar-refractivity contribution in [3.8, 4) is 0 Å². The minimum atomic E-state index is -0.767. The number of carboxylic acid groups (broad SMARTS) is 1. The minimum Gasteiger partial charge on any atom is -0.481 e. The zero-order chi connectivity index (χ0) is 16.1. The SMILES string of the molecule is CCCC(=O)N1CCCC1C(=O)N1CCC(CC(=O)O)CC1. The molecular formula is C16H26N2O4. The van der Waals surface area contributed by atoms with Crippen LogP contribution in [0.5, 0.6) is 0 Å². The predicted octanol–water partition coefficient (Wildman–Crippen LogP) is 1.49. The van der Waals surface area contributed by atoms with Crippen LogP contribution in [-0.2, 0) is 14.4 Å². The first-order chi connectivity index (χ1) is 10.5. The lowest BCUT2D eigenvalue weighted by Crippen LogP contribution is -2.50. The number of carbonyl (C=O) groups excluding carboxylic acids is 2. The van der Waals surface area contributed by atoms with Crippen LogP contribution in [0.1, 0.15) is 51.9 Å². The molecule has 124 valence electrons. The molecule has 2 aliphatic rings. The van der Waals surface area contributed by atoms with Crippen molar-refractivity contribution < 1.29 is 19.5 Å². The molecule has 2 fully saturated rings. The molecule has 1 unspecified atom stereocenters. The number of likely N-dealkylation sites (tertiary alicyclic amines) is 2. The summed E-state index contributed by atoms with van der Waals surface area (Å²) in [6.45, 7) is 3.88. The lowest BCUT2D eigenvalue weighted by molar-refractivity contribution is -0.145. The Morgan fingerprint density at radius 2 is 1.77 bits per heavy atom. The van der Waals surface area contributed by atoms with Crippen molar-refractivity contribution >= 4 is 17.8 Å². The Morgan fingerprint density at radius 3 is 2.36 bits per heavy atom. The van der Waals surface area contributed by atoms with E-state index in [1.807, 2.05) is 11.8 Å². The van der Waals surface area contributed by atoms with Crippen molar-refractivity contribution in [2.45, 2.75) is 57.9 Å². The molecule has 22 heavy (non-hydrogen) atoms. The summed E-state index contributed by atoms with van der Waals surface area (Å²) in [4.78, 5) is 39.1. The van der Waals surface area contributed by atoms with E-state index in [0.29, 0.717) is 26.1 Å². The third kappa shape index (κ3) is 3.99. The number of carbonyl (C=O) groups is 3. The zero-order valence-corrected chi connectivity index (χ0v) is 13.3. The molecule has 1 atom stereocenters. The molecule has 2 aliphatic heterocycles. The van der Waals surface area contributed by atoms with Gasteiger partial charge in [-0.05, 0) is 38.0 Å². The molecule has 0 aromatic heterocycles. The molecule has 0 aromatic rings. The topological polar surface area (TPSA) is 77.9 Å². The zero-order valence-electron chi connectivity index (χ0n) is 13.3. The van der Waals surface area contributed by atoms with E-state index >= 15 is 0 Å². The van der Waals surface area contributed by atoms with E-state index in [2.05, 4.69) is 0 Å². The molecule has 6 nitrogen and oxygen atoms in total. The molecule has 2 amide bonds. The lowest BCUT2D eigenvalue weighted by atomic mass is 9.93. The Morgan fingerprint density at radius 1 is 1.09 bits per heavy atom. The molecule has 0 spiro atoms. The van der Waals surface area contributed by atoms with Gasteiger partial charge in [-0.15, -0.1) is 0 Å². The Balaban J connectivity index is 1.89. The molecule has 0 aliphatic carbocycles. The Labute approximate surface area is 131 Å². The van der Waals surface area contributed by atoms with Gasteiger partial charge >= 0.3 is 5.97 Å². The number of carboxylic acids is 1. The van der Waals surface area contributed by atoms with Crippen LogP contribution in [0.15, 0.2) is 0 Å². The lowest BCUT2D eigenvalue weighted by Gasteiger charge is -2.35. The molecule has 1 N–H and O–H groups in total. The van der Waals surface area contributed by atoms with Gasteiger partial charge in [0.2, 0.25) is 11.8 Å². The third-order valence-corrected chi connectivity index (χ3v) is 4.71. The minimum absolute atomic E-state index is 0.0516. The van der Waals surface area contributed by atoms with Crippen LogP contribution in [0.3, 0.4) is 0 Å². The number of aliphatic carboxylic acids is 1. The van der Waals surface area contributed by atoms with E-state index in [-0.39, 0.29) is 30.2 Å². The predicted molar refractivity (Wildman–Crippen MR) is 81.2 cm³/mol. The van der Waals surface area contributed by atoms with Gasteiger partial charge in [0.25, 0.3) is 0 Å². The first-order valence-electron chi connectivity index (χ1n) is 8.33. The molecule has 2 rings (SSSR count). The van der Waals surface area contributed by atoms with E-state index < -0.39 is 5.97 Å². The molecule has 0 radical (unpaired) electrons. The molecule has 2 heterocycles. The van der Waals surface area contributed by atoms with Crippen LogP contribution in [0.25, 0.3) is 0 Å². The summed E-state index contributed by atoms with van der Waals surface area (Å²) in [5.74, 6) is -0.463. The first-order valence-corrected chi connectivity index (χ1v) is 8.33. The summed E-state index contributed by atoms with van der Waals surface area (Å²) in [6, 6.07) is -0.296.